The number of nitrogens with zero attached hydrogens (tertiary/aromatic N) is 3. The van der Waals surface area contributed by atoms with Crippen LogP contribution in [0.25, 0.3) is 0 Å². The lowest BCUT2D eigenvalue weighted by atomic mass is 9.94. The van der Waals surface area contributed by atoms with Crippen LogP contribution >= 0.6 is 12.4 Å². The number of fused-ring (bicyclic) bond motifs is 2. The summed E-state index contributed by atoms with van der Waals surface area (Å²) in [4.78, 5) is 12.0. The minimum Gasteiger partial charge on any atom is -0.336 e. The van der Waals surface area contributed by atoms with Crippen LogP contribution in [-0.2, 0) is 32.4 Å². The van der Waals surface area contributed by atoms with Crippen molar-refractivity contribution in [2.24, 2.45) is 5.73 Å². The molecule has 1 aromatic heterocycles. The van der Waals surface area contributed by atoms with E-state index in [0.29, 0.717) is 6.54 Å². The molecule has 1 aliphatic carbocycles. The Kier molecular flexibility index (Phi) is 4.83. The smallest absolute Gasteiger partial charge is 0.226 e. The first-order valence-corrected chi connectivity index (χ1v) is 8.25. The maximum Gasteiger partial charge on any atom is 0.226 e. The Hall–Kier alpha value is -1.65. The molecule has 4 nitrogen and oxygen atoms in total. The molecule has 5 heteroatoms. The largest absolute Gasteiger partial charge is 0.336 e. The molecule has 2 N–H and O–H groups in total. The molecule has 122 valence electrons. The topological polar surface area (TPSA) is 55.0 Å². The van der Waals surface area contributed by atoms with Gasteiger partial charge in [-0.15, -0.1) is 12.4 Å². The summed E-state index contributed by atoms with van der Waals surface area (Å²) in [6.07, 6.45) is 5.69. The van der Waals surface area contributed by atoms with E-state index >= 15 is 0 Å². The van der Waals surface area contributed by atoms with E-state index in [2.05, 4.69) is 29.2 Å². The van der Waals surface area contributed by atoms with Gasteiger partial charge < -0.3 is 10.6 Å². The third kappa shape index (κ3) is 3.06. The lowest BCUT2D eigenvalue weighted by Crippen LogP contribution is -2.32. The van der Waals surface area contributed by atoms with E-state index in [1.54, 1.807) is 0 Å². The molecule has 1 aliphatic heterocycles. The Bertz CT molecular complexity index is 684. The highest BCUT2D eigenvalue weighted by Gasteiger charge is 2.22. The molecular weight excluding hydrogens is 308 g/mol. The number of aromatic nitrogens is 2. The maximum atomic E-state index is 5.94. The molecule has 2 heterocycles. The summed E-state index contributed by atoms with van der Waals surface area (Å²) in [5.74, 6) is 0.871. The van der Waals surface area contributed by atoms with Crippen molar-refractivity contribution in [2.45, 2.75) is 45.2 Å². The zero-order valence-corrected chi connectivity index (χ0v) is 14.1. The summed E-state index contributed by atoms with van der Waals surface area (Å²) >= 11 is 0. The highest BCUT2D eigenvalue weighted by molar-refractivity contribution is 5.85. The van der Waals surface area contributed by atoms with Gasteiger partial charge in [0.05, 0.1) is 5.69 Å². The normalized spacial score (nSPS) is 16.3. The second kappa shape index (κ2) is 6.85. The lowest BCUT2D eigenvalue weighted by Gasteiger charge is -2.30. The second-order valence-electron chi connectivity index (χ2n) is 6.25. The molecule has 0 spiro atoms. The van der Waals surface area contributed by atoms with Gasteiger partial charge in [0.1, 0.15) is 0 Å². The summed E-state index contributed by atoms with van der Waals surface area (Å²) in [5, 5.41) is 0. The quantitative estimate of drug-likeness (QED) is 0.920. The minimum atomic E-state index is 0. The van der Waals surface area contributed by atoms with Crippen molar-refractivity contribution in [1.29, 1.82) is 0 Å². The van der Waals surface area contributed by atoms with Crippen LogP contribution in [0.5, 0.6) is 0 Å². The maximum absolute atomic E-state index is 5.94. The fourth-order valence-corrected chi connectivity index (χ4v) is 3.63. The van der Waals surface area contributed by atoms with Gasteiger partial charge in [0, 0.05) is 25.3 Å². The molecule has 0 radical (unpaired) electrons. The first kappa shape index (κ1) is 16.2. The number of hydrogen-bond acceptors (Lipinski definition) is 4. The lowest BCUT2D eigenvalue weighted by molar-refractivity contribution is 0.637. The third-order valence-electron chi connectivity index (χ3n) is 4.86. The van der Waals surface area contributed by atoms with E-state index in [1.807, 2.05) is 0 Å². The van der Waals surface area contributed by atoms with Gasteiger partial charge in [0.2, 0.25) is 5.95 Å². The van der Waals surface area contributed by atoms with Gasteiger partial charge in [-0.3, -0.25) is 0 Å². The first-order chi connectivity index (χ1) is 10.8. The van der Waals surface area contributed by atoms with Crippen molar-refractivity contribution in [3.05, 3.63) is 52.3 Å². The van der Waals surface area contributed by atoms with E-state index in [-0.39, 0.29) is 12.4 Å². The van der Waals surface area contributed by atoms with Crippen molar-refractivity contribution in [2.75, 3.05) is 11.4 Å². The number of anilines is 1. The van der Waals surface area contributed by atoms with Gasteiger partial charge in [-0.2, -0.15) is 0 Å². The Morgan fingerprint density at radius 3 is 2.61 bits per heavy atom. The minimum absolute atomic E-state index is 0. The number of halogens is 1. The zero-order chi connectivity index (χ0) is 14.9. The fourth-order valence-electron chi connectivity index (χ4n) is 3.63. The Morgan fingerprint density at radius 1 is 1.00 bits per heavy atom. The summed E-state index contributed by atoms with van der Waals surface area (Å²) in [5.41, 5.74) is 12.4. The SMILES string of the molecule is Cl.NCc1nc(N2CCc3ccccc3C2)nc2c1CCCC2. The van der Waals surface area contributed by atoms with E-state index in [9.17, 15) is 0 Å². The van der Waals surface area contributed by atoms with Crippen molar-refractivity contribution in [1.82, 2.24) is 9.97 Å². The summed E-state index contributed by atoms with van der Waals surface area (Å²) in [6.45, 7) is 2.40. The summed E-state index contributed by atoms with van der Waals surface area (Å²) < 4.78 is 0. The van der Waals surface area contributed by atoms with Crippen molar-refractivity contribution >= 4 is 18.4 Å². The average molecular weight is 331 g/mol. The first-order valence-electron chi connectivity index (χ1n) is 8.25. The standard InChI is InChI=1S/C18H22N4.ClH/c19-11-17-15-7-3-4-8-16(15)20-18(21-17)22-10-9-13-5-1-2-6-14(13)12-22;/h1-2,5-6H,3-4,7-12,19H2;1H. The number of hydrogen-bond donors (Lipinski definition) is 1. The number of aryl methyl sites for hydroxylation is 1. The van der Waals surface area contributed by atoms with Gasteiger partial charge in [0.15, 0.2) is 0 Å². The van der Waals surface area contributed by atoms with Crippen LogP contribution in [-0.4, -0.2) is 16.5 Å². The monoisotopic (exact) mass is 330 g/mol. The average Bonchev–Trinajstić information content (AvgIpc) is 2.60. The van der Waals surface area contributed by atoms with E-state index in [1.165, 1.54) is 35.2 Å². The molecule has 2 aliphatic rings. The molecule has 0 atom stereocenters. The van der Waals surface area contributed by atoms with Crippen molar-refractivity contribution in [3.63, 3.8) is 0 Å². The van der Waals surface area contributed by atoms with E-state index in [4.69, 9.17) is 15.7 Å². The summed E-state index contributed by atoms with van der Waals surface area (Å²) in [7, 11) is 0. The molecule has 0 fully saturated rings. The van der Waals surface area contributed by atoms with Crippen molar-refractivity contribution < 1.29 is 0 Å². The highest BCUT2D eigenvalue weighted by Crippen LogP contribution is 2.27. The molecule has 0 amide bonds. The van der Waals surface area contributed by atoms with Gasteiger partial charge >= 0.3 is 0 Å². The Labute approximate surface area is 143 Å². The number of rotatable bonds is 2. The van der Waals surface area contributed by atoms with Gasteiger partial charge in [-0.05, 0) is 48.8 Å². The molecule has 1 aromatic carbocycles. The summed E-state index contributed by atoms with van der Waals surface area (Å²) in [6, 6.07) is 8.67. The van der Waals surface area contributed by atoms with Crippen LogP contribution < -0.4 is 10.6 Å². The van der Waals surface area contributed by atoms with E-state index < -0.39 is 0 Å². The van der Waals surface area contributed by atoms with Gasteiger partial charge in [-0.25, -0.2) is 9.97 Å². The van der Waals surface area contributed by atoms with Crippen LogP contribution in [0.1, 0.15) is 40.9 Å². The molecule has 4 rings (SSSR count). The fraction of sp³-hybridized carbons (Fsp3) is 0.444. The Morgan fingerprint density at radius 2 is 1.78 bits per heavy atom. The zero-order valence-electron chi connectivity index (χ0n) is 13.3. The van der Waals surface area contributed by atoms with Gasteiger partial charge in [-0.1, -0.05) is 24.3 Å². The van der Waals surface area contributed by atoms with E-state index in [0.717, 1.165) is 44.0 Å². The van der Waals surface area contributed by atoms with Gasteiger partial charge in [0.25, 0.3) is 0 Å². The molecule has 0 unspecified atom stereocenters. The molecule has 0 saturated carbocycles. The van der Waals surface area contributed by atoms with Crippen LogP contribution in [0.4, 0.5) is 5.95 Å². The molecular formula is C18H23ClN4. The van der Waals surface area contributed by atoms with Crippen molar-refractivity contribution in [3.8, 4) is 0 Å². The Balaban J connectivity index is 0.00000156. The number of benzene rings is 1. The number of nitrogens with two attached hydrogens (primary N) is 1. The molecule has 0 bridgehead atoms. The highest BCUT2D eigenvalue weighted by atomic mass is 35.5. The molecule has 0 saturated heterocycles. The molecule has 23 heavy (non-hydrogen) atoms. The third-order valence-corrected chi connectivity index (χ3v) is 4.86. The van der Waals surface area contributed by atoms with Crippen LogP contribution in [0, 0.1) is 0 Å². The molecule has 2 aromatic rings. The van der Waals surface area contributed by atoms with Crippen LogP contribution in [0.2, 0.25) is 0 Å². The second-order valence-corrected chi connectivity index (χ2v) is 6.25. The predicted molar refractivity (Wildman–Crippen MR) is 95.0 cm³/mol. The predicted octanol–water partition coefficient (Wildman–Crippen LogP) is 2.80. The van der Waals surface area contributed by atoms with Crippen LogP contribution in [0.15, 0.2) is 24.3 Å². The van der Waals surface area contributed by atoms with Crippen LogP contribution in [0.3, 0.4) is 0 Å².